The van der Waals surface area contributed by atoms with Crippen molar-refractivity contribution in [2.24, 2.45) is 0 Å². The van der Waals surface area contributed by atoms with Gasteiger partial charge in [0.15, 0.2) is 0 Å². The number of hydrogen-bond donors (Lipinski definition) is 1. The van der Waals surface area contributed by atoms with Gasteiger partial charge in [0, 0.05) is 27.1 Å². The second-order valence-electron chi connectivity index (χ2n) is 4.54. The van der Waals surface area contributed by atoms with E-state index in [1.807, 2.05) is 25.2 Å². The molecule has 0 radical (unpaired) electrons. The number of halogens is 1. The topological polar surface area (TPSA) is 41.6 Å². The standard InChI is InChI=1S/C14H21BrN2O2/c1-16-10-11-6-7-13(12(15)9-11)19-8-4-5-14(18)17(2)3/h6-7,9,16H,4-5,8,10H2,1-3H3. The molecule has 0 spiro atoms. The number of benzene rings is 1. The van der Waals surface area contributed by atoms with Crippen LogP contribution >= 0.6 is 15.9 Å². The third kappa shape index (κ3) is 5.61. The van der Waals surface area contributed by atoms with Crippen molar-refractivity contribution in [1.82, 2.24) is 10.2 Å². The Kier molecular flexibility index (Phi) is 6.87. The summed E-state index contributed by atoms with van der Waals surface area (Å²) in [6.07, 6.45) is 1.24. The summed E-state index contributed by atoms with van der Waals surface area (Å²) in [6.45, 7) is 1.37. The molecule has 19 heavy (non-hydrogen) atoms. The molecule has 0 saturated heterocycles. The van der Waals surface area contributed by atoms with Gasteiger partial charge in [-0.2, -0.15) is 0 Å². The molecule has 0 aliphatic carbocycles. The van der Waals surface area contributed by atoms with E-state index in [2.05, 4.69) is 21.2 Å². The van der Waals surface area contributed by atoms with E-state index < -0.39 is 0 Å². The maximum Gasteiger partial charge on any atom is 0.222 e. The maximum atomic E-state index is 11.4. The van der Waals surface area contributed by atoms with Gasteiger partial charge >= 0.3 is 0 Å². The molecule has 106 valence electrons. The molecule has 1 N–H and O–H groups in total. The highest BCUT2D eigenvalue weighted by molar-refractivity contribution is 9.10. The summed E-state index contributed by atoms with van der Waals surface area (Å²) in [6, 6.07) is 6.02. The van der Waals surface area contributed by atoms with Crippen LogP contribution in [0.4, 0.5) is 0 Å². The monoisotopic (exact) mass is 328 g/mol. The Labute approximate surface area is 123 Å². The molecule has 1 amide bonds. The van der Waals surface area contributed by atoms with Gasteiger partial charge in [-0.25, -0.2) is 0 Å². The lowest BCUT2D eigenvalue weighted by atomic mass is 10.2. The number of carbonyl (C=O) groups is 1. The lowest BCUT2D eigenvalue weighted by Gasteiger charge is -2.11. The van der Waals surface area contributed by atoms with Gasteiger partial charge in [-0.15, -0.1) is 0 Å². The third-order valence-corrected chi connectivity index (χ3v) is 3.29. The minimum atomic E-state index is 0.132. The molecule has 0 heterocycles. The van der Waals surface area contributed by atoms with Crippen LogP contribution in [-0.4, -0.2) is 38.6 Å². The first kappa shape index (κ1) is 16.0. The molecule has 0 aliphatic heterocycles. The zero-order chi connectivity index (χ0) is 14.3. The summed E-state index contributed by atoms with van der Waals surface area (Å²) >= 11 is 3.49. The van der Waals surface area contributed by atoms with E-state index in [-0.39, 0.29) is 5.91 Å². The van der Waals surface area contributed by atoms with Crippen LogP contribution in [0.3, 0.4) is 0 Å². The zero-order valence-electron chi connectivity index (χ0n) is 11.7. The quantitative estimate of drug-likeness (QED) is 0.781. The molecule has 1 rings (SSSR count). The van der Waals surface area contributed by atoms with E-state index in [1.54, 1.807) is 19.0 Å². The fourth-order valence-corrected chi connectivity index (χ4v) is 2.15. The van der Waals surface area contributed by atoms with Gasteiger partial charge in [0.2, 0.25) is 5.91 Å². The van der Waals surface area contributed by atoms with Crippen molar-refractivity contribution in [2.45, 2.75) is 19.4 Å². The zero-order valence-corrected chi connectivity index (χ0v) is 13.3. The predicted octanol–water partition coefficient (Wildman–Crippen LogP) is 2.42. The van der Waals surface area contributed by atoms with E-state index in [1.165, 1.54) is 5.56 Å². The molecule has 4 nitrogen and oxygen atoms in total. The summed E-state index contributed by atoms with van der Waals surface area (Å²) in [5, 5.41) is 3.10. The van der Waals surface area contributed by atoms with Gasteiger partial charge in [0.05, 0.1) is 11.1 Å². The number of hydrogen-bond acceptors (Lipinski definition) is 3. The molecule has 0 unspecified atom stereocenters. The third-order valence-electron chi connectivity index (χ3n) is 2.67. The van der Waals surface area contributed by atoms with E-state index >= 15 is 0 Å². The second-order valence-corrected chi connectivity index (χ2v) is 5.39. The number of nitrogens with zero attached hydrogens (tertiary/aromatic N) is 1. The van der Waals surface area contributed by atoms with Crippen LogP contribution < -0.4 is 10.1 Å². The van der Waals surface area contributed by atoms with Crippen LogP contribution in [0.1, 0.15) is 18.4 Å². The first-order valence-electron chi connectivity index (χ1n) is 6.30. The van der Waals surface area contributed by atoms with Gasteiger partial charge < -0.3 is 15.0 Å². The van der Waals surface area contributed by atoms with Crippen molar-refractivity contribution in [3.8, 4) is 5.75 Å². The van der Waals surface area contributed by atoms with Gasteiger partial charge in [-0.05, 0) is 47.1 Å². The Morgan fingerprint density at radius 3 is 2.74 bits per heavy atom. The van der Waals surface area contributed by atoms with Crippen molar-refractivity contribution in [1.29, 1.82) is 0 Å². The second kappa shape index (κ2) is 8.17. The lowest BCUT2D eigenvalue weighted by molar-refractivity contribution is -0.128. The molecule has 1 aromatic rings. The predicted molar refractivity (Wildman–Crippen MR) is 80.3 cm³/mol. The van der Waals surface area contributed by atoms with Crippen molar-refractivity contribution in [3.63, 3.8) is 0 Å². The number of nitrogens with one attached hydrogen (secondary N) is 1. The molecule has 0 bridgehead atoms. The smallest absolute Gasteiger partial charge is 0.222 e. The molecular weight excluding hydrogens is 308 g/mol. The molecule has 0 saturated carbocycles. The van der Waals surface area contributed by atoms with Crippen LogP contribution in [0.5, 0.6) is 5.75 Å². The first-order valence-corrected chi connectivity index (χ1v) is 7.10. The van der Waals surface area contributed by atoms with Gasteiger partial charge in [0.25, 0.3) is 0 Å². The number of ether oxygens (including phenoxy) is 1. The van der Waals surface area contributed by atoms with Crippen LogP contribution in [0.25, 0.3) is 0 Å². The van der Waals surface area contributed by atoms with Crippen molar-refractivity contribution < 1.29 is 9.53 Å². The summed E-state index contributed by atoms with van der Waals surface area (Å²) in [5.41, 5.74) is 1.20. The average Bonchev–Trinajstić information content (AvgIpc) is 2.36. The fraction of sp³-hybridized carbons (Fsp3) is 0.500. The van der Waals surface area contributed by atoms with Crippen LogP contribution in [0.15, 0.2) is 22.7 Å². The van der Waals surface area contributed by atoms with E-state index in [9.17, 15) is 4.79 Å². The highest BCUT2D eigenvalue weighted by atomic mass is 79.9. The molecule has 5 heteroatoms. The van der Waals surface area contributed by atoms with Crippen LogP contribution in [0, 0.1) is 0 Å². The lowest BCUT2D eigenvalue weighted by Crippen LogP contribution is -2.21. The normalized spacial score (nSPS) is 10.3. The van der Waals surface area contributed by atoms with Crippen LogP contribution in [0.2, 0.25) is 0 Å². The average molecular weight is 329 g/mol. The Balaban J connectivity index is 2.39. The highest BCUT2D eigenvalue weighted by Crippen LogP contribution is 2.26. The number of carbonyl (C=O) groups excluding carboxylic acids is 1. The van der Waals surface area contributed by atoms with Crippen molar-refractivity contribution in [2.75, 3.05) is 27.7 Å². The molecular formula is C14H21BrN2O2. The first-order chi connectivity index (χ1) is 9.04. The maximum absolute atomic E-state index is 11.4. The van der Waals surface area contributed by atoms with E-state index in [0.29, 0.717) is 13.0 Å². The highest BCUT2D eigenvalue weighted by Gasteiger charge is 2.05. The van der Waals surface area contributed by atoms with Crippen molar-refractivity contribution >= 4 is 21.8 Å². The van der Waals surface area contributed by atoms with Gasteiger partial charge in [0.1, 0.15) is 5.75 Å². The molecule has 1 aromatic carbocycles. The van der Waals surface area contributed by atoms with Crippen LogP contribution in [-0.2, 0) is 11.3 Å². The van der Waals surface area contributed by atoms with Crippen molar-refractivity contribution in [3.05, 3.63) is 28.2 Å². The molecule has 0 aromatic heterocycles. The Bertz CT molecular complexity index is 422. The van der Waals surface area contributed by atoms with E-state index in [0.717, 1.165) is 23.2 Å². The molecule has 0 atom stereocenters. The largest absolute Gasteiger partial charge is 0.492 e. The minimum Gasteiger partial charge on any atom is -0.492 e. The summed E-state index contributed by atoms with van der Waals surface area (Å²) in [4.78, 5) is 13.0. The number of rotatable bonds is 7. The SMILES string of the molecule is CNCc1ccc(OCCCC(=O)N(C)C)c(Br)c1. The Hall–Kier alpha value is -1.07. The van der Waals surface area contributed by atoms with Gasteiger partial charge in [-0.1, -0.05) is 6.07 Å². The van der Waals surface area contributed by atoms with E-state index in [4.69, 9.17) is 4.74 Å². The molecule has 0 fully saturated rings. The van der Waals surface area contributed by atoms with Gasteiger partial charge in [-0.3, -0.25) is 4.79 Å². The minimum absolute atomic E-state index is 0.132. The summed E-state index contributed by atoms with van der Waals surface area (Å²) in [7, 11) is 5.45. The Morgan fingerprint density at radius 1 is 1.42 bits per heavy atom. The summed E-state index contributed by atoms with van der Waals surface area (Å²) < 4.78 is 6.61. The molecule has 0 aliphatic rings. The fourth-order valence-electron chi connectivity index (χ4n) is 1.60. The summed E-state index contributed by atoms with van der Waals surface area (Å²) in [5.74, 6) is 0.948. The number of amides is 1. The Morgan fingerprint density at radius 2 is 2.16 bits per heavy atom.